The van der Waals surface area contributed by atoms with Crippen molar-refractivity contribution in [1.29, 1.82) is 0 Å². The number of anilines is 1. The molecule has 1 atom stereocenters. The molecule has 148 valence electrons. The maximum atomic E-state index is 13.1. The molecule has 0 spiro atoms. The lowest BCUT2D eigenvalue weighted by Crippen LogP contribution is -2.30. The Morgan fingerprint density at radius 1 is 1.07 bits per heavy atom. The lowest BCUT2D eigenvalue weighted by atomic mass is 10.0. The third kappa shape index (κ3) is 3.66. The summed E-state index contributed by atoms with van der Waals surface area (Å²) in [7, 11) is 1.53. The summed E-state index contributed by atoms with van der Waals surface area (Å²) in [5.74, 6) is -0.375. The molecule has 1 heterocycles. The number of pyridine rings is 1. The molecule has 0 saturated carbocycles. The van der Waals surface area contributed by atoms with E-state index in [9.17, 15) is 9.59 Å². The van der Waals surface area contributed by atoms with Crippen molar-refractivity contribution in [2.45, 2.75) is 32.3 Å². The summed E-state index contributed by atoms with van der Waals surface area (Å²) in [5, 5.41) is 3.51. The van der Waals surface area contributed by atoms with E-state index >= 15 is 0 Å². The summed E-state index contributed by atoms with van der Waals surface area (Å²) < 4.78 is 10.8. The highest BCUT2D eigenvalue weighted by Gasteiger charge is 2.27. The number of hydrogen-bond acceptors (Lipinski definition) is 5. The Bertz CT molecular complexity index is 1090. The summed E-state index contributed by atoms with van der Waals surface area (Å²) >= 11 is 0. The highest BCUT2D eigenvalue weighted by Crippen LogP contribution is 2.31. The molecule has 0 saturated heterocycles. The molecule has 0 fully saturated rings. The van der Waals surface area contributed by atoms with Gasteiger partial charge in [-0.2, -0.15) is 0 Å². The number of carbonyl (C=O) groups is 2. The number of para-hydroxylation sites is 3. The second-order valence-electron chi connectivity index (χ2n) is 7.02. The van der Waals surface area contributed by atoms with Crippen LogP contribution in [0.4, 0.5) is 5.69 Å². The highest BCUT2D eigenvalue weighted by molar-refractivity contribution is 6.06. The number of hydrogen-bond donors (Lipinski definition) is 1. The predicted molar refractivity (Wildman–Crippen MR) is 110 cm³/mol. The number of nitrogens with one attached hydrogen (secondary N) is 1. The predicted octanol–water partition coefficient (Wildman–Crippen LogP) is 3.92. The Morgan fingerprint density at radius 3 is 2.66 bits per heavy atom. The fourth-order valence-corrected chi connectivity index (χ4v) is 3.70. The number of esters is 1. The van der Waals surface area contributed by atoms with Crippen LogP contribution in [0.25, 0.3) is 10.9 Å². The maximum Gasteiger partial charge on any atom is 0.339 e. The lowest BCUT2D eigenvalue weighted by Gasteiger charge is -2.17. The number of benzene rings is 2. The number of ether oxygens (including phenoxy) is 2. The zero-order valence-corrected chi connectivity index (χ0v) is 16.4. The van der Waals surface area contributed by atoms with Gasteiger partial charge in [0.1, 0.15) is 5.75 Å². The van der Waals surface area contributed by atoms with E-state index in [1.807, 2.05) is 30.3 Å². The molecule has 3 aromatic rings. The molecular formula is C23H22N2O4. The van der Waals surface area contributed by atoms with Gasteiger partial charge in [-0.05, 0) is 49.9 Å². The van der Waals surface area contributed by atoms with Crippen LogP contribution in [0.5, 0.6) is 5.75 Å². The first-order chi connectivity index (χ1) is 14.1. The zero-order valence-electron chi connectivity index (χ0n) is 16.4. The standard InChI is InChI=1S/C23H22N2O4/c1-14(22(26)25-19-11-5-6-13-20(19)28-2)29-23(27)21-15-8-3-4-10-17(15)24-18-12-7-9-16(18)21/h3-6,8,10-11,13-14H,7,9,12H2,1-2H3,(H,25,26)/t14-/m0/s1. The van der Waals surface area contributed by atoms with Gasteiger partial charge in [0.25, 0.3) is 5.91 Å². The molecule has 2 aromatic carbocycles. The first-order valence-corrected chi connectivity index (χ1v) is 9.64. The van der Waals surface area contributed by atoms with Crippen LogP contribution < -0.4 is 10.1 Å². The highest BCUT2D eigenvalue weighted by atomic mass is 16.5. The molecule has 29 heavy (non-hydrogen) atoms. The molecule has 1 aliphatic carbocycles. The van der Waals surface area contributed by atoms with Crippen LogP contribution in [0.3, 0.4) is 0 Å². The summed E-state index contributed by atoms with van der Waals surface area (Å²) in [4.78, 5) is 30.3. The summed E-state index contributed by atoms with van der Waals surface area (Å²) in [6, 6.07) is 14.6. The largest absolute Gasteiger partial charge is 0.495 e. The van der Waals surface area contributed by atoms with Gasteiger partial charge in [0.2, 0.25) is 0 Å². The summed E-state index contributed by atoms with van der Waals surface area (Å²) in [5.41, 5.74) is 3.71. The van der Waals surface area contributed by atoms with Crippen molar-refractivity contribution in [1.82, 2.24) is 4.98 Å². The van der Waals surface area contributed by atoms with Gasteiger partial charge in [-0.1, -0.05) is 30.3 Å². The van der Waals surface area contributed by atoms with Gasteiger partial charge in [-0.25, -0.2) is 4.79 Å². The first-order valence-electron chi connectivity index (χ1n) is 9.64. The first kappa shape index (κ1) is 18.9. The van der Waals surface area contributed by atoms with E-state index in [1.54, 1.807) is 25.1 Å². The van der Waals surface area contributed by atoms with Crippen LogP contribution in [-0.2, 0) is 22.4 Å². The van der Waals surface area contributed by atoms with Crippen LogP contribution in [0.15, 0.2) is 48.5 Å². The van der Waals surface area contributed by atoms with Crippen molar-refractivity contribution in [2.75, 3.05) is 12.4 Å². The molecule has 0 bridgehead atoms. The average molecular weight is 390 g/mol. The van der Waals surface area contributed by atoms with E-state index in [1.165, 1.54) is 7.11 Å². The van der Waals surface area contributed by atoms with Crippen LogP contribution in [-0.4, -0.2) is 30.1 Å². The number of amides is 1. The molecular weight excluding hydrogens is 368 g/mol. The Morgan fingerprint density at radius 2 is 1.83 bits per heavy atom. The van der Waals surface area contributed by atoms with Crippen LogP contribution in [0.2, 0.25) is 0 Å². The molecule has 0 unspecified atom stereocenters. The number of rotatable bonds is 5. The normalized spacial score (nSPS) is 13.6. The third-order valence-electron chi connectivity index (χ3n) is 5.14. The molecule has 4 rings (SSSR count). The number of methoxy groups -OCH3 is 1. The Balaban J connectivity index is 1.57. The van der Waals surface area contributed by atoms with Crippen molar-refractivity contribution < 1.29 is 19.1 Å². The second-order valence-corrected chi connectivity index (χ2v) is 7.02. The minimum absolute atomic E-state index is 0.419. The fraction of sp³-hybridized carbons (Fsp3) is 0.261. The second kappa shape index (κ2) is 7.91. The molecule has 1 aromatic heterocycles. The van der Waals surface area contributed by atoms with E-state index in [2.05, 4.69) is 10.3 Å². The van der Waals surface area contributed by atoms with E-state index in [0.717, 1.165) is 41.4 Å². The molecule has 0 aliphatic heterocycles. The monoisotopic (exact) mass is 390 g/mol. The average Bonchev–Trinajstić information content (AvgIpc) is 3.20. The van der Waals surface area contributed by atoms with Crippen molar-refractivity contribution in [3.8, 4) is 5.75 Å². The third-order valence-corrected chi connectivity index (χ3v) is 5.14. The number of aryl methyl sites for hydroxylation is 1. The van der Waals surface area contributed by atoms with E-state index in [0.29, 0.717) is 17.0 Å². The van der Waals surface area contributed by atoms with Gasteiger partial charge >= 0.3 is 5.97 Å². The van der Waals surface area contributed by atoms with Crippen LogP contribution in [0, 0.1) is 0 Å². The SMILES string of the molecule is COc1ccccc1NC(=O)[C@H](C)OC(=O)c1c2c(nc3ccccc13)CCC2. The van der Waals surface area contributed by atoms with Gasteiger partial charge in [0.05, 0.1) is 23.9 Å². The summed E-state index contributed by atoms with van der Waals surface area (Å²) in [6.45, 7) is 1.56. The Labute approximate surface area is 168 Å². The lowest BCUT2D eigenvalue weighted by molar-refractivity contribution is -0.123. The Kier molecular flexibility index (Phi) is 5.16. The topological polar surface area (TPSA) is 77.5 Å². The number of carbonyl (C=O) groups excluding carboxylic acids is 2. The molecule has 0 radical (unpaired) electrons. The quantitative estimate of drug-likeness (QED) is 0.668. The molecule has 1 N–H and O–H groups in total. The molecule has 6 heteroatoms. The minimum atomic E-state index is -0.962. The number of nitrogens with zero attached hydrogens (tertiary/aromatic N) is 1. The molecule has 6 nitrogen and oxygen atoms in total. The van der Waals surface area contributed by atoms with Gasteiger partial charge < -0.3 is 14.8 Å². The van der Waals surface area contributed by atoms with Crippen LogP contribution in [0.1, 0.15) is 35.0 Å². The van der Waals surface area contributed by atoms with Gasteiger partial charge in [-0.3, -0.25) is 9.78 Å². The molecule has 1 amide bonds. The minimum Gasteiger partial charge on any atom is -0.495 e. The van der Waals surface area contributed by atoms with E-state index in [-0.39, 0.29) is 0 Å². The van der Waals surface area contributed by atoms with Gasteiger partial charge in [-0.15, -0.1) is 0 Å². The smallest absolute Gasteiger partial charge is 0.339 e. The fourth-order valence-electron chi connectivity index (χ4n) is 3.70. The van der Waals surface area contributed by atoms with Gasteiger partial charge in [0.15, 0.2) is 6.10 Å². The van der Waals surface area contributed by atoms with Crippen molar-refractivity contribution in [2.24, 2.45) is 0 Å². The number of aromatic nitrogens is 1. The van der Waals surface area contributed by atoms with Crippen LogP contribution >= 0.6 is 0 Å². The summed E-state index contributed by atoms with van der Waals surface area (Å²) in [6.07, 6.45) is 1.64. The van der Waals surface area contributed by atoms with Crippen molar-refractivity contribution >= 4 is 28.5 Å². The zero-order chi connectivity index (χ0) is 20.4. The maximum absolute atomic E-state index is 13.1. The molecule has 1 aliphatic rings. The van der Waals surface area contributed by atoms with Gasteiger partial charge in [0, 0.05) is 11.1 Å². The van der Waals surface area contributed by atoms with E-state index < -0.39 is 18.0 Å². The van der Waals surface area contributed by atoms with Crippen molar-refractivity contribution in [3.63, 3.8) is 0 Å². The number of fused-ring (bicyclic) bond motifs is 2. The van der Waals surface area contributed by atoms with E-state index in [4.69, 9.17) is 9.47 Å². The van der Waals surface area contributed by atoms with Crippen molar-refractivity contribution in [3.05, 3.63) is 65.4 Å². The Hall–Kier alpha value is -3.41.